The van der Waals surface area contributed by atoms with E-state index in [1.165, 1.54) is 38.8 Å². The van der Waals surface area contributed by atoms with E-state index in [4.69, 9.17) is 0 Å². The molecule has 1 aliphatic rings. The van der Waals surface area contributed by atoms with Gasteiger partial charge in [-0.25, -0.2) is 0 Å². The summed E-state index contributed by atoms with van der Waals surface area (Å²) in [5, 5.41) is 0. The van der Waals surface area contributed by atoms with Crippen LogP contribution in [0.2, 0.25) is 0 Å². The number of aldehydes is 1. The van der Waals surface area contributed by atoms with Crippen LogP contribution in [-0.4, -0.2) is 30.3 Å². The largest absolute Gasteiger partial charge is 0.303 e. The van der Waals surface area contributed by atoms with Crippen LogP contribution in [0.5, 0.6) is 0 Å². The van der Waals surface area contributed by atoms with Crippen LogP contribution in [0.1, 0.15) is 38.5 Å². The lowest BCUT2D eigenvalue weighted by molar-refractivity contribution is -0.108. The van der Waals surface area contributed by atoms with Crippen LogP contribution >= 0.6 is 0 Å². The third kappa shape index (κ3) is 3.62. The highest BCUT2D eigenvalue weighted by Gasteiger charge is 2.16. The van der Waals surface area contributed by atoms with Crippen molar-refractivity contribution in [1.29, 1.82) is 0 Å². The third-order valence-electron chi connectivity index (χ3n) is 2.96. The van der Waals surface area contributed by atoms with E-state index in [0.717, 1.165) is 12.7 Å². The Kier molecular flexibility index (Phi) is 5.53. The molecule has 0 N–H and O–H groups in total. The van der Waals surface area contributed by atoms with E-state index in [1.807, 2.05) is 6.08 Å². The monoisotopic (exact) mass is 195 g/mol. The predicted octanol–water partition coefficient (Wildman–Crippen LogP) is 2.40. The van der Waals surface area contributed by atoms with Crippen LogP contribution < -0.4 is 0 Å². The fourth-order valence-electron chi connectivity index (χ4n) is 2.12. The Morgan fingerprint density at radius 1 is 1.21 bits per heavy atom. The van der Waals surface area contributed by atoms with Gasteiger partial charge in [-0.15, -0.1) is 6.58 Å². The van der Waals surface area contributed by atoms with Gasteiger partial charge in [0, 0.05) is 12.5 Å². The summed E-state index contributed by atoms with van der Waals surface area (Å²) in [7, 11) is 0. The van der Waals surface area contributed by atoms with E-state index in [0.29, 0.717) is 12.5 Å². The normalized spacial score (nSPS) is 21.1. The summed E-state index contributed by atoms with van der Waals surface area (Å²) in [4.78, 5) is 12.8. The van der Waals surface area contributed by atoms with Crippen LogP contribution in [0.15, 0.2) is 12.7 Å². The van der Waals surface area contributed by atoms with Crippen molar-refractivity contribution in [2.45, 2.75) is 44.6 Å². The van der Waals surface area contributed by atoms with Gasteiger partial charge < -0.3 is 4.79 Å². The number of hydrogen-bond acceptors (Lipinski definition) is 2. The summed E-state index contributed by atoms with van der Waals surface area (Å²) in [6, 6.07) is 0.415. The minimum Gasteiger partial charge on any atom is -0.303 e. The molecule has 2 heteroatoms. The van der Waals surface area contributed by atoms with Gasteiger partial charge in [0.15, 0.2) is 0 Å². The Bertz CT molecular complexity index is 171. The van der Waals surface area contributed by atoms with E-state index >= 15 is 0 Å². The minimum absolute atomic E-state index is 0.415. The molecule has 1 unspecified atom stereocenters. The van der Waals surface area contributed by atoms with Gasteiger partial charge in [-0.2, -0.15) is 0 Å². The number of hydrogen-bond donors (Lipinski definition) is 0. The maximum Gasteiger partial charge on any atom is 0.120 e. The van der Waals surface area contributed by atoms with Crippen molar-refractivity contribution in [3.8, 4) is 0 Å². The second-order valence-electron chi connectivity index (χ2n) is 4.00. The maximum atomic E-state index is 10.3. The SMILES string of the molecule is C=CC(CCC=O)N1CCCCCC1. The Morgan fingerprint density at radius 3 is 2.36 bits per heavy atom. The van der Waals surface area contributed by atoms with Crippen molar-refractivity contribution in [3.63, 3.8) is 0 Å². The molecule has 1 aliphatic heterocycles. The fourth-order valence-corrected chi connectivity index (χ4v) is 2.12. The molecular formula is C12H21NO. The van der Waals surface area contributed by atoms with Gasteiger partial charge in [0.05, 0.1) is 0 Å². The predicted molar refractivity (Wildman–Crippen MR) is 59.3 cm³/mol. The average Bonchev–Trinajstić information content (AvgIpc) is 2.48. The number of rotatable bonds is 5. The molecule has 0 aromatic carbocycles. The van der Waals surface area contributed by atoms with Crippen molar-refractivity contribution in [2.75, 3.05) is 13.1 Å². The Balaban J connectivity index is 2.39. The van der Waals surface area contributed by atoms with Gasteiger partial charge in [0.25, 0.3) is 0 Å². The summed E-state index contributed by atoms with van der Waals surface area (Å²) < 4.78 is 0. The molecule has 2 nitrogen and oxygen atoms in total. The molecule has 14 heavy (non-hydrogen) atoms. The first-order chi connectivity index (χ1) is 6.88. The molecule has 1 atom stereocenters. The van der Waals surface area contributed by atoms with E-state index in [1.54, 1.807) is 0 Å². The summed E-state index contributed by atoms with van der Waals surface area (Å²) >= 11 is 0. The van der Waals surface area contributed by atoms with Crippen LogP contribution in [0.25, 0.3) is 0 Å². The maximum absolute atomic E-state index is 10.3. The van der Waals surface area contributed by atoms with Gasteiger partial charge in [0.2, 0.25) is 0 Å². The topological polar surface area (TPSA) is 20.3 Å². The van der Waals surface area contributed by atoms with Gasteiger partial charge >= 0.3 is 0 Å². The third-order valence-corrected chi connectivity index (χ3v) is 2.96. The number of nitrogens with zero attached hydrogens (tertiary/aromatic N) is 1. The van der Waals surface area contributed by atoms with E-state index in [-0.39, 0.29) is 0 Å². The van der Waals surface area contributed by atoms with Gasteiger partial charge in [-0.3, -0.25) is 4.90 Å². The number of carbonyl (C=O) groups is 1. The quantitative estimate of drug-likeness (QED) is 0.496. The molecule has 0 spiro atoms. The van der Waals surface area contributed by atoms with Gasteiger partial charge in [0.1, 0.15) is 6.29 Å². The summed E-state index contributed by atoms with van der Waals surface area (Å²) in [5.74, 6) is 0. The zero-order valence-electron chi connectivity index (χ0n) is 8.95. The molecule has 0 aromatic heterocycles. The highest BCUT2D eigenvalue weighted by molar-refractivity contribution is 5.49. The first kappa shape index (κ1) is 11.4. The summed E-state index contributed by atoms with van der Waals surface area (Å²) in [5.41, 5.74) is 0. The lowest BCUT2D eigenvalue weighted by Crippen LogP contribution is -2.34. The van der Waals surface area contributed by atoms with Crippen LogP contribution in [0.4, 0.5) is 0 Å². The molecule has 0 aliphatic carbocycles. The molecule has 1 fully saturated rings. The molecule has 0 radical (unpaired) electrons. The van der Waals surface area contributed by atoms with Crippen LogP contribution in [-0.2, 0) is 4.79 Å². The van der Waals surface area contributed by atoms with Crippen molar-refractivity contribution >= 4 is 6.29 Å². The van der Waals surface area contributed by atoms with E-state index in [2.05, 4.69) is 11.5 Å². The number of likely N-dealkylation sites (tertiary alicyclic amines) is 1. The standard InChI is InChI=1S/C12H21NO/c1-2-12(8-7-11-14)13-9-5-3-4-6-10-13/h2,11-12H,1,3-10H2. The average molecular weight is 195 g/mol. The molecule has 0 bridgehead atoms. The highest BCUT2D eigenvalue weighted by Crippen LogP contribution is 2.15. The molecule has 0 saturated carbocycles. The summed E-state index contributed by atoms with van der Waals surface area (Å²) in [6.07, 6.45) is 9.91. The number of carbonyl (C=O) groups excluding carboxylic acids is 1. The first-order valence-electron chi connectivity index (χ1n) is 5.68. The van der Waals surface area contributed by atoms with E-state index < -0.39 is 0 Å². The zero-order chi connectivity index (χ0) is 10.2. The van der Waals surface area contributed by atoms with Gasteiger partial charge in [-0.05, 0) is 32.4 Å². The first-order valence-corrected chi connectivity index (χ1v) is 5.68. The molecule has 1 rings (SSSR count). The van der Waals surface area contributed by atoms with Crippen molar-refractivity contribution in [2.24, 2.45) is 0 Å². The Hall–Kier alpha value is -0.630. The zero-order valence-corrected chi connectivity index (χ0v) is 8.95. The second kappa shape index (κ2) is 6.77. The molecule has 0 aromatic rings. The smallest absolute Gasteiger partial charge is 0.120 e. The fraction of sp³-hybridized carbons (Fsp3) is 0.750. The molecular weight excluding hydrogens is 174 g/mol. The van der Waals surface area contributed by atoms with Gasteiger partial charge in [-0.1, -0.05) is 18.9 Å². The second-order valence-corrected chi connectivity index (χ2v) is 4.00. The minimum atomic E-state index is 0.415. The highest BCUT2D eigenvalue weighted by atomic mass is 16.1. The molecule has 80 valence electrons. The molecule has 1 saturated heterocycles. The molecule has 1 heterocycles. The van der Waals surface area contributed by atoms with Crippen molar-refractivity contribution in [3.05, 3.63) is 12.7 Å². The molecule has 0 amide bonds. The summed E-state index contributed by atoms with van der Waals surface area (Å²) in [6.45, 7) is 6.21. The Morgan fingerprint density at radius 2 is 1.86 bits per heavy atom. The van der Waals surface area contributed by atoms with Crippen LogP contribution in [0, 0.1) is 0 Å². The lowest BCUT2D eigenvalue weighted by atomic mass is 10.1. The Labute approximate surface area is 87.0 Å². The van der Waals surface area contributed by atoms with Crippen molar-refractivity contribution < 1.29 is 4.79 Å². The van der Waals surface area contributed by atoms with Crippen LogP contribution in [0.3, 0.4) is 0 Å². The van der Waals surface area contributed by atoms with E-state index in [9.17, 15) is 4.79 Å². The van der Waals surface area contributed by atoms with Crippen molar-refractivity contribution in [1.82, 2.24) is 4.90 Å². The lowest BCUT2D eigenvalue weighted by Gasteiger charge is -2.27.